The predicted octanol–water partition coefficient (Wildman–Crippen LogP) is 3.24. The molecule has 0 saturated heterocycles. The highest BCUT2D eigenvalue weighted by atomic mass is 19.4. The molecule has 0 bridgehead atoms. The molecule has 6 heteroatoms. The summed E-state index contributed by atoms with van der Waals surface area (Å²) < 4.78 is 45.7. The molecule has 1 aliphatic carbocycles. The Kier molecular flexibility index (Phi) is 4.88. The lowest BCUT2D eigenvalue weighted by Crippen LogP contribution is -2.45. The van der Waals surface area contributed by atoms with Gasteiger partial charge in [0.2, 0.25) is 0 Å². The molecule has 1 saturated carbocycles. The van der Waals surface area contributed by atoms with Gasteiger partial charge in [0.15, 0.2) is 0 Å². The third kappa shape index (κ3) is 4.68. The maximum Gasteiger partial charge on any atom is 0.573 e. The third-order valence-corrected chi connectivity index (χ3v) is 3.22. The maximum atomic E-state index is 12.1. The molecule has 3 nitrogen and oxygen atoms in total. The molecule has 0 unspecified atom stereocenters. The topological polar surface area (TPSA) is 30.5 Å². The van der Waals surface area contributed by atoms with Crippen molar-refractivity contribution in [2.24, 2.45) is 0 Å². The van der Waals surface area contributed by atoms with Crippen molar-refractivity contribution in [3.63, 3.8) is 0 Å². The first-order valence-corrected chi connectivity index (χ1v) is 6.66. The van der Waals surface area contributed by atoms with E-state index in [2.05, 4.69) is 10.1 Å². The second kappa shape index (κ2) is 6.45. The van der Waals surface area contributed by atoms with E-state index in [9.17, 15) is 13.2 Å². The van der Waals surface area contributed by atoms with Crippen LogP contribution < -0.4 is 10.1 Å². The SMILES string of the molecule is CCOC1CC(NCc2cccc(OC(F)(F)F)c2)C1. The molecule has 1 fully saturated rings. The van der Waals surface area contributed by atoms with Crippen molar-refractivity contribution in [1.29, 1.82) is 0 Å². The molecule has 0 aromatic heterocycles. The van der Waals surface area contributed by atoms with Crippen LogP contribution in [0, 0.1) is 0 Å². The van der Waals surface area contributed by atoms with E-state index >= 15 is 0 Å². The molecule has 0 spiro atoms. The predicted molar refractivity (Wildman–Crippen MR) is 68.4 cm³/mol. The Hall–Kier alpha value is -1.27. The number of hydrogen-bond acceptors (Lipinski definition) is 3. The van der Waals surface area contributed by atoms with Crippen LogP contribution in [0.4, 0.5) is 13.2 Å². The number of alkyl halides is 3. The number of hydrogen-bond donors (Lipinski definition) is 1. The van der Waals surface area contributed by atoms with E-state index in [1.807, 2.05) is 6.92 Å². The van der Waals surface area contributed by atoms with Gasteiger partial charge in [0.05, 0.1) is 6.10 Å². The highest BCUT2D eigenvalue weighted by Crippen LogP contribution is 2.25. The Morgan fingerprint density at radius 1 is 1.30 bits per heavy atom. The van der Waals surface area contributed by atoms with Gasteiger partial charge in [-0.2, -0.15) is 0 Å². The largest absolute Gasteiger partial charge is 0.573 e. The van der Waals surface area contributed by atoms with E-state index < -0.39 is 6.36 Å². The lowest BCUT2D eigenvalue weighted by Gasteiger charge is -2.35. The lowest BCUT2D eigenvalue weighted by atomic mass is 9.89. The van der Waals surface area contributed by atoms with Gasteiger partial charge in [0.25, 0.3) is 0 Å². The van der Waals surface area contributed by atoms with Crippen LogP contribution in [0.5, 0.6) is 5.75 Å². The molecule has 0 atom stereocenters. The van der Waals surface area contributed by atoms with Crippen molar-refractivity contribution in [1.82, 2.24) is 5.32 Å². The summed E-state index contributed by atoms with van der Waals surface area (Å²) >= 11 is 0. The van der Waals surface area contributed by atoms with E-state index in [0.29, 0.717) is 25.3 Å². The van der Waals surface area contributed by atoms with Crippen molar-refractivity contribution in [2.75, 3.05) is 6.61 Å². The van der Waals surface area contributed by atoms with Gasteiger partial charge in [-0.1, -0.05) is 12.1 Å². The Morgan fingerprint density at radius 2 is 2.05 bits per heavy atom. The first-order chi connectivity index (χ1) is 9.46. The van der Waals surface area contributed by atoms with Crippen LogP contribution in [0.1, 0.15) is 25.3 Å². The number of nitrogens with one attached hydrogen (secondary N) is 1. The number of halogens is 3. The monoisotopic (exact) mass is 289 g/mol. The van der Waals surface area contributed by atoms with Crippen LogP contribution in [-0.2, 0) is 11.3 Å². The summed E-state index contributed by atoms with van der Waals surface area (Å²) in [6.07, 6.45) is -2.43. The van der Waals surface area contributed by atoms with Gasteiger partial charge in [-0.05, 0) is 37.5 Å². The van der Waals surface area contributed by atoms with Crippen LogP contribution in [0.2, 0.25) is 0 Å². The van der Waals surface area contributed by atoms with E-state index in [4.69, 9.17) is 4.74 Å². The van der Waals surface area contributed by atoms with Crippen LogP contribution in [0.15, 0.2) is 24.3 Å². The van der Waals surface area contributed by atoms with Crippen molar-refractivity contribution >= 4 is 0 Å². The summed E-state index contributed by atoms with van der Waals surface area (Å²) in [6, 6.07) is 6.40. The fourth-order valence-corrected chi connectivity index (χ4v) is 2.22. The molecule has 0 heterocycles. The average molecular weight is 289 g/mol. The third-order valence-electron chi connectivity index (χ3n) is 3.22. The molecule has 20 heavy (non-hydrogen) atoms. The minimum absolute atomic E-state index is 0.183. The Balaban J connectivity index is 1.78. The fraction of sp³-hybridized carbons (Fsp3) is 0.571. The van der Waals surface area contributed by atoms with Crippen molar-refractivity contribution in [3.8, 4) is 5.75 Å². The zero-order chi connectivity index (χ0) is 14.6. The minimum atomic E-state index is -4.65. The van der Waals surface area contributed by atoms with Gasteiger partial charge in [-0.15, -0.1) is 13.2 Å². The molecule has 2 rings (SSSR count). The second-order valence-electron chi connectivity index (χ2n) is 4.82. The van der Waals surface area contributed by atoms with Crippen molar-refractivity contribution in [2.45, 2.75) is 44.8 Å². The second-order valence-corrected chi connectivity index (χ2v) is 4.82. The van der Waals surface area contributed by atoms with Gasteiger partial charge in [0, 0.05) is 19.2 Å². The Bertz CT molecular complexity index is 431. The van der Waals surface area contributed by atoms with Gasteiger partial charge in [-0.25, -0.2) is 0 Å². The van der Waals surface area contributed by atoms with Gasteiger partial charge in [0.1, 0.15) is 5.75 Å². The Morgan fingerprint density at radius 3 is 2.70 bits per heavy atom. The van der Waals surface area contributed by atoms with Gasteiger partial charge >= 0.3 is 6.36 Å². The highest BCUT2D eigenvalue weighted by Gasteiger charge is 2.31. The fourth-order valence-electron chi connectivity index (χ4n) is 2.22. The molecule has 1 aromatic carbocycles. The molecule has 112 valence electrons. The maximum absolute atomic E-state index is 12.1. The molecular formula is C14H18F3NO2. The quantitative estimate of drug-likeness (QED) is 0.872. The number of benzene rings is 1. The number of ether oxygens (including phenoxy) is 2. The van der Waals surface area contributed by atoms with Crippen LogP contribution in [-0.4, -0.2) is 25.1 Å². The van der Waals surface area contributed by atoms with Crippen molar-refractivity contribution in [3.05, 3.63) is 29.8 Å². The number of rotatable bonds is 6. The molecule has 1 aromatic rings. The van der Waals surface area contributed by atoms with Crippen molar-refractivity contribution < 1.29 is 22.6 Å². The van der Waals surface area contributed by atoms with Crippen LogP contribution in [0.3, 0.4) is 0 Å². The summed E-state index contributed by atoms with van der Waals surface area (Å²) in [4.78, 5) is 0. The molecule has 0 amide bonds. The first-order valence-electron chi connectivity index (χ1n) is 6.66. The van der Waals surface area contributed by atoms with E-state index in [0.717, 1.165) is 18.4 Å². The molecule has 0 radical (unpaired) electrons. The van der Waals surface area contributed by atoms with E-state index in [1.165, 1.54) is 12.1 Å². The normalized spacial score (nSPS) is 22.4. The summed E-state index contributed by atoms with van der Waals surface area (Å²) in [5.74, 6) is -0.183. The minimum Gasteiger partial charge on any atom is -0.406 e. The zero-order valence-electron chi connectivity index (χ0n) is 11.2. The first kappa shape index (κ1) is 15.1. The summed E-state index contributed by atoms with van der Waals surface area (Å²) in [6.45, 7) is 3.21. The highest BCUT2D eigenvalue weighted by molar-refractivity contribution is 5.28. The molecular weight excluding hydrogens is 271 g/mol. The molecule has 0 aliphatic heterocycles. The standard InChI is InChI=1S/C14H18F3NO2/c1-2-19-13-7-11(8-13)18-9-10-4-3-5-12(6-10)20-14(15,16)17/h3-6,11,13,18H,2,7-9H2,1H3. The smallest absolute Gasteiger partial charge is 0.406 e. The summed E-state index contributed by atoms with van der Waals surface area (Å²) in [7, 11) is 0. The van der Waals surface area contributed by atoms with Crippen LogP contribution >= 0.6 is 0 Å². The molecule has 1 N–H and O–H groups in total. The summed E-state index contributed by atoms with van der Waals surface area (Å²) in [5.41, 5.74) is 0.770. The van der Waals surface area contributed by atoms with Gasteiger partial charge in [-0.3, -0.25) is 0 Å². The zero-order valence-corrected chi connectivity index (χ0v) is 11.2. The van der Waals surface area contributed by atoms with Crippen LogP contribution in [0.25, 0.3) is 0 Å². The average Bonchev–Trinajstić information content (AvgIpc) is 2.30. The van der Waals surface area contributed by atoms with E-state index in [1.54, 1.807) is 12.1 Å². The molecule has 1 aliphatic rings. The van der Waals surface area contributed by atoms with Gasteiger partial charge < -0.3 is 14.8 Å². The lowest BCUT2D eigenvalue weighted by molar-refractivity contribution is -0.274. The Labute approximate surface area is 116 Å². The summed E-state index contributed by atoms with van der Waals surface area (Å²) in [5, 5.41) is 3.30. The van der Waals surface area contributed by atoms with E-state index in [-0.39, 0.29) is 5.75 Å².